The summed E-state index contributed by atoms with van der Waals surface area (Å²) in [7, 11) is 0. The minimum Gasteiger partial charge on any atom is -0.485 e. The Balaban J connectivity index is 1.36. The summed E-state index contributed by atoms with van der Waals surface area (Å²) in [5.41, 5.74) is 2.86. The Kier molecular flexibility index (Phi) is 4.75. The van der Waals surface area contributed by atoms with Crippen LogP contribution in [-0.4, -0.2) is 27.3 Å². The Morgan fingerprint density at radius 2 is 1.94 bits per heavy atom. The summed E-state index contributed by atoms with van der Waals surface area (Å²) in [6.07, 6.45) is 4.49. The van der Waals surface area contributed by atoms with Crippen LogP contribution in [0.25, 0.3) is 11.5 Å². The maximum absolute atomic E-state index is 14.3. The molecule has 154 valence electrons. The average molecular weight is 417 g/mol. The molecule has 2 N–H and O–H groups in total. The van der Waals surface area contributed by atoms with Crippen molar-refractivity contribution in [1.29, 1.82) is 0 Å². The number of halogens is 1. The Morgan fingerprint density at radius 1 is 1.03 bits per heavy atom. The van der Waals surface area contributed by atoms with Gasteiger partial charge < -0.3 is 19.8 Å². The number of rotatable bonds is 5. The van der Waals surface area contributed by atoms with Crippen LogP contribution in [0.15, 0.2) is 65.5 Å². The molecule has 2 aromatic heterocycles. The number of benzene rings is 2. The van der Waals surface area contributed by atoms with Crippen molar-refractivity contribution in [2.24, 2.45) is 0 Å². The zero-order valence-corrected chi connectivity index (χ0v) is 16.1. The van der Waals surface area contributed by atoms with Crippen molar-refractivity contribution < 1.29 is 18.3 Å². The van der Waals surface area contributed by atoms with Gasteiger partial charge in [0.05, 0.1) is 12.4 Å². The van der Waals surface area contributed by atoms with E-state index in [0.29, 0.717) is 29.4 Å². The Labute approximate surface area is 176 Å². The van der Waals surface area contributed by atoms with Crippen LogP contribution in [0.4, 0.5) is 27.5 Å². The van der Waals surface area contributed by atoms with Crippen molar-refractivity contribution >= 4 is 28.9 Å². The van der Waals surface area contributed by atoms with Crippen molar-refractivity contribution in [2.45, 2.75) is 6.42 Å². The van der Waals surface area contributed by atoms with Crippen molar-refractivity contribution in [3.05, 3.63) is 72.5 Å². The van der Waals surface area contributed by atoms with Crippen LogP contribution in [0, 0.1) is 5.82 Å². The van der Waals surface area contributed by atoms with Crippen LogP contribution in [-0.2, 0) is 11.2 Å². The Hall–Kier alpha value is -4.27. The molecular formula is C22H16FN5O3. The lowest BCUT2D eigenvalue weighted by atomic mass is 10.1. The molecule has 0 spiro atoms. The summed E-state index contributed by atoms with van der Waals surface area (Å²) in [6, 6.07) is 12.6. The molecular weight excluding hydrogens is 401 g/mol. The van der Waals surface area contributed by atoms with Gasteiger partial charge in [-0.3, -0.25) is 4.79 Å². The van der Waals surface area contributed by atoms with Gasteiger partial charge in [-0.1, -0.05) is 12.1 Å². The van der Waals surface area contributed by atoms with Gasteiger partial charge in [-0.2, -0.15) is 4.98 Å². The number of carbonyl (C=O) groups is 1. The highest BCUT2D eigenvalue weighted by Crippen LogP contribution is 2.29. The molecule has 0 bridgehead atoms. The van der Waals surface area contributed by atoms with Gasteiger partial charge in [0, 0.05) is 35.0 Å². The molecule has 0 unspecified atom stereocenters. The van der Waals surface area contributed by atoms with E-state index >= 15 is 0 Å². The number of fused-ring (bicyclic) bond motifs is 1. The van der Waals surface area contributed by atoms with Crippen molar-refractivity contribution in [3.8, 4) is 17.2 Å². The van der Waals surface area contributed by atoms with Crippen LogP contribution in [0.2, 0.25) is 0 Å². The molecule has 1 aliphatic heterocycles. The smallest absolute Gasteiger partial charge is 0.229 e. The van der Waals surface area contributed by atoms with Crippen molar-refractivity contribution in [3.63, 3.8) is 0 Å². The molecule has 3 heterocycles. The summed E-state index contributed by atoms with van der Waals surface area (Å²) in [5, 5.41) is 5.99. The van der Waals surface area contributed by atoms with E-state index in [0.717, 1.165) is 17.3 Å². The van der Waals surface area contributed by atoms with Crippen LogP contribution >= 0.6 is 0 Å². The monoisotopic (exact) mass is 417 g/mol. The molecule has 8 nitrogen and oxygen atoms in total. The number of anilines is 4. The number of hydrogen-bond donors (Lipinski definition) is 2. The quantitative estimate of drug-likeness (QED) is 0.497. The molecule has 0 amide bonds. The van der Waals surface area contributed by atoms with Crippen molar-refractivity contribution in [1.82, 2.24) is 15.0 Å². The summed E-state index contributed by atoms with van der Waals surface area (Å²) in [4.78, 5) is 23.9. The normalized spacial score (nSPS) is 12.7. The molecule has 0 atom stereocenters. The lowest BCUT2D eigenvalue weighted by molar-refractivity contribution is -0.121. The Morgan fingerprint density at radius 3 is 2.81 bits per heavy atom. The molecule has 0 fully saturated rings. The van der Waals surface area contributed by atoms with Crippen LogP contribution in [0.3, 0.4) is 0 Å². The topological polar surface area (TPSA) is 102 Å². The third kappa shape index (κ3) is 4.06. The van der Waals surface area contributed by atoms with Crippen LogP contribution in [0.1, 0.15) is 5.56 Å². The van der Waals surface area contributed by atoms with Crippen molar-refractivity contribution in [2.75, 3.05) is 17.2 Å². The number of carbonyl (C=O) groups excluding carboxylic acids is 1. The number of aromatic nitrogens is 3. The molecule has 0 aliphatic carbocycles. The van der Waals surface area contributed by atoms with Crippen LogP contribution in [0.5, 0.6) is 5.75 Å². The standard InChI is InChI=1S/C22H16FN5O3/c23-18-11-25-22(27-15-3-1-2-14(8-15)21-24-6-7-30-21)28-20(18)26-16-5-4-13-9-17(29)12-31-19(13)10-16/h1-8,10-11H,9,12H2,(H2,25,26,27,28). The first-order valence-electron chi connectivity index (χ1n) is 9.48. The second kappa shape index (κ2) is 7.86. The molecule has 4 aromatic rings. The zero-order chi connectivity index (χ0) is 21.2. The van der Waals surface area contributed by atoms with Crippen LogP contribution < -0.4 is 15.4 Å². The molecule has 0 radical (unpaired) electrons. The molecule has 9 heteroatoms. The highest BCUT2D eigenvalue weighted by atomic mass is 19.1. The third-order valence-corrected chi connectivity index (χ3v) is 4.65. The zero-order valence-electron chi connectivity index (χ0n) is 16.1. The van der Waals surface area contributed by atoms with E-state index in [1.54, 1.807) is 24.4 Å². The highest BCUT2D eigenvalue weighted by Gasteiger charge is 2.17. The fourth-order valence-corrected chi connectivity index (χ4v) is 3.21. The van der Waals surface area contributed by atoms with E-state index in [4.69, 9.17) is 9.15 Å². The number of Topliss-reactive ketones (excluding diaryl/α,β-unsaturated/α-hetero) is 1. The number of ketones is 1. The molecule has 5 rings (SSSR count). The van der Waals surface area contributed by atoms with E-state index in [1.165, 1.54) is 6.26 Å². The molecule has 0 saturated heterocycles. The summed E-state index contributed by atoms with van der Waals surface area (Å²) in [5.74, 6) is 0.732. The number of hydrogen-bond acceptors (Lipinski definition) is 8. The first kappa shape index (κ1) is 18.7. The predicted molar refractivity (Wildman–Crippen MR) is 111 cm³/mol. The second-order valence-electron chi connectivity index (χ2n) is 6.88. The van der Waals surface area contributed by atoms with Gasteiger partial charge in [0.2, 0.25) is 11.8 Å². The largest absolute Gasteiger partial charge is 0.485 e. The summed E-state index contributed by atoms with van der Waals surface area (Å²) < 4.78 is 25.1. The van der Waals surface area contributed by atoms with Gasteiger partial charge in [0.1, 0.15) is 18.6 Å². The number of nitrogens with zero attached hydrogens (tertiary/aromatic N) is 3. The van der Waals surface area contributed by atoms with E-state index < -0.39 is 5.82 Å². The predicted octanol–water partition coefficient (Wildman–Crippen LogP) is 4.26. The van der Waals surface area contributed by atoms with Gasteiger partial charge >= 0.3 is 0 Å². The number of nitrogens with one attached hydrogen (secondary N) is 2. The minimum absolute atomic E-state index is 0.00758. The number of ether oxygens (including phenoxy) is 1. The fourth-order valence-electron chi connectivity index (χ4n) is 3.21. The van der Waals surface area contributed by atoms with E-state index in [9.17, 15) is 9.18 Å². The summed E-state index contributed by atoms with van der Waals surface area (Å²) in [6.45, 7) is 0.0407. The summed E-state index contributed by atoms with van der Waals surface area (Å²) >= 11 is 0. The lowest BCUT2D eigenvalue weighted by Gasteiger charge is -2.17. The van der Waals surface area contributed by atoms with Gasteiger partial charge in [0.25, 0.3) is 0 Å². The molecule has 31 heavy (non-hydrogen) atoms. The Bertz CT molecular complexity index is 1260. The highest BCUT2D eigenvalue weighted by molar-refractivity contribution is 5.85. The second-order valence-corrected chi connectivity index (χ2v) is 6.88. The van der Waals surface area contributed by atoms with E-state index in [1.807, 2.05) is 24.3 Å². The average Bonchev–Trinajstić information content (AvgIpc) is 3.31. The van der Waals surface area contributed by atoms with E-state index in [-0.39, 0.29) is 24.2 Å². The maximum atomic E-state index is 14.3. The van der Waals surface area contributed by atoms with Gasteiger partial charge in [-0.15, -0.1) is 0 Å². The van der Waals surface area contributed by atoms with E-state index in [2.05, 4.69) is 25.6 Å². The maximum Gasteiger partial charge on any atom is 0.229 e. The van der Waals surface area contributed by atoms with Gasteiger partial charge in [-0.05, 0) is 24.3 Å². The SMILES string of the molecule is O=C1COc2cc(Nc3nc(Nc4cccc(-c5ncco5)c4)ncc3F)ccc2C1. The first-order chi connectivity index (χ1) is 15.1. The molecule has 2 aromatic carbocycles. The molecule has 0 saturated carbocycles. The van der Waals surface area contributed by atoms with Gasteiger partial charge in [0.15, 0.2) is 17.4 Å². The number of oxazole rings is 1. The fraction of sp³-hybridized carbons (Fsp3) is 0.0909. The third-order valence-electron chi connectivity index (χ3n) is 4.65. The first-order valence-corrected chi connectivity index (χ1v) is 9.48. The van der Waals surface area contributed by atoms with Gasteiger partial charge in [-0.25, -0.2) is 14.4 Å². The minimum atomic E-state index is -0.604. The molecule has 1 aliphatic rings. The lowest BCUT2D eigenvalue weighted by Crippen LogP contribution is -2.20.